The second-order valence-electron chi connectivity index (χ2n) is 6.33. The summed E-state index contributed by atoms with van der Waals surface area (Å²) in [5, 5.41) is 20.2. The number of benzene rings is 2. The fourth-order valence-corrected chi connectivity index (χ4v) is 3.82. The highest BCUT2D eigenvalue weighted by Gasteiger charge is 2.38. The van der Waals surface area contributed by atoms with E-state index in [9.17, 15) is 15.0 Å². The third kappa shape index (κ3) is 3.31. The minimum Gasteiger partial charge on any atom is -0.507 e. The molecule has 25 heavy (non-hydrogen) atoms. The predicted octanol–water partition coefficient (Wildman–Crippen LogP) is 4.43. The van der Waals surface area contributed by atoms with Gasteiger partial charge in [0.05, 0.1) is 12.5 Å². The van der Waals surface area contributed by atoms with Crippen LogP contribution in [0, 0.1) is 0 Å². The summed E-state index contributed by atoms with van der Waals surface area (Å²) < 4.78 is 0.789. The second kappa shape index (κ2) is 7.58. The van der Waals surface area contributed by atoms with Crippen LogP contribution in [0.4, 0.5) is 5.69 Å². The van der Waals surface area contributed by atoms with Gasteiger partial charge in [-0.15, -0.1) is 0 Å². The first-order chi connectivity index (χ1) is 12.1. The number of halogens is 1. The Labute approximate surface area is 156 Å². The maximum absolute atomic E-state index is 12.8. The Morgan fingerprint density at radius 1 is 1.16 bits per heavy atom. The molecule has 3 rings (SSSR count). The maximum atomic E-state index is 12.8. The number of fused-ring (bicyclic) bond motifs is 1. The molecule has 5 heteroatoms. The highest BCUT2D eigenvalue weighted by atomic mass is 79.9. The third-order valence-electron chi connectivity index (χ3n) is 4.70. The van der Waals surface area contributed by atoms with Crippen LogP contribution in [-0.2, 0) is 4.79 Å². The zero-order chi connectivity index (χ0) is 18.0. The van der Waals surface area contributed by atoms with E-state index in [0.29, 0.717) is 12.1 Å². The van der Waals surface area contributed by atoms with E-state index < -0.39 is 5.92 Å². The summed E-state index contributed by atoms with van der Waals surface area (Å²) in [4.78, 5) is 14.6. The maximum Gasteiger partial charge on any atom is 0.236 e. The minimum absolute atomic E-state index is 0.0577. The first-order valence-corrected chi connectivity index (χ1v) is 9.41. The molecule has 132 valence electrons. The van der Waals surface area contributed by atoms with Crippen LogP contribution in [-0.4, -0.2) is 29.3 Å². The molecule has 2 N–H and O–H groups in total. The molecule has 0 aliphatic carbocycles. The van der Waals surface area contributed by atoms with E-state index in [-0.39, 0.29) is 18.3 Å². The summed E-state index contributed by atoms with van der Waals surface area (Å²) in [6.45, 7) is 2.56. The number of carbonyl (C=O) groups is 1. The van der Waals surface area contributed by atoms with Gasteiger partial charge >= 0.3 is 0 Å². The Kier molecular flexibility index (Phi) is 5.45. The quantitative estimate of drug-likeness (QED) is 0.701. The van der Waals surface area contributed by atoms with Crippen molar-refractivity contribution in [3.8, 4) is 16.9 Å². The van der Waals surface area contributed by atoms with Gasteiger partial charge in [-0.2, -0.15) is 0 Å². The molecule has 2 aromatic rings. The molecule has 1 unspecified atom stereocenters. The second-order valence-corrected chi connectivity index (χ2v) is 7.25. The number of hydrogen-bond donors (Lipinski definition) is 2. The van der Waals surface area contributed by atoms with Gasteiger partial charge in [0.15, 0.2) is 0 Å². The summed E-state index contributed by atoms with van der Waals surface area (Å²) in [7, 11) is 0. The number of phenols is 1. The fraction of sp³-hybridized carbons (Fsp3) is 0.350. The fourth-order valence-electron chi connectivity index (χ4n) is 3.47. The Bertz CT molecular complexity index is 791. The standard InChI is InChI=1S/C20H22BrNO3/c1-2-3-4-10-22-17-7-5-6-15(19(17)16(12-23)20(22)25)14-9-8-13(21)11-18(14)24/h5-9,11,16,23-24H,2-4,10,12H2,1H3. The molecule has 0 radical (unpaired) electrons. The SMILES string of the molecule is CCCCCN1C(=O)C(CO)c2c(-c3ccc(Br)cc3O)cccc21. The molecule has 1 aliphatic heterocycles. The van der Waals surface area contributed by atoms with E-state index in [1.807, 2.05) is 30.3 Å². The van der Waals surface area contributed by atoms with Crippen molar-refractivity contribution in [1.29, 1.82) is 0 Å². The molecular weight excluding hydrogens is 382 g/mol. The molecule has 0 saturated heterocycles. The van der Waals surface area contributed by atoms with Crippen molar-refractivity contribution in [2.45, 2.75) is 32.1 Å². The number of unbranched alkanes of at least 4 members (excludes halogenated alkanes) is 2. The Morgan fingerprint density at radius 3 is 2.64 bits per heavy atom. The van der Waals surface area contributed by atoms with Gasteiger partial charge in [-0.05, 0) is 41.8 Å². The van der Waals surface area contributed by atoms with Crippen LogP contribution in [0.3, 0.4) is 0 Å². The first-order valence-electron chi connectivity index (χ1n) is 8.62. The number of carbonyl (C=O) groups excluding carboxylic acids is 1. The van der Waals surface area contributed by atoms with E-state index in [4.69, 9.17) is 0 Å². The molecule has 0 saturated carbocycles. The normalized spacial score (nSPS) is 16.4. The van der Waals surface area contributed by atoms with Gasteiger partial charge in [0.1, 0.15) is 5.75 Å². The number of aromatic hydroxyl groups is 1. The van der Waals surface area contributed by atoms with Gasteiger partial charge in [-0.25, -0.2) is 0 Å². The average molecular weight is 404 g/mol. The molecule has 1 atom stereocenters. The van der Waals surface area contributed by atoms with Crippen LogP contribution in [0.2, 0.25) is 0 Å². The van der Waals surface area contributed by atoms with Gasteiger partial charge in [0, 0.05) is 22.3 Å². The number of amides is 1. The highest BCUT2D eigenvalue weighted by molar-refractivity contribution is 9.10. The number of aliphatic hydroxyl groups excluding tert-OH is 1. The smallest absolute Gasteiger partial charge is 0.236 e. The highest BCUT2D eigenvalue weighted by Crippen LogP contribution is 2.45. The molecule has 2 aromatic carbocycles. The average Bonchev–Trinajstić information content (AvgIpc) is 2.87. The zero-order valence-electron chi connectivity index (χ0n) is 14.2. The van der Waals surface area contributed by atoms with Gasteiger partial charge in [-0.3, -0.25) is 4.79 Å². The lowest BCUT2D eigenvalue weighted by Gasteiger charge is -2.18. The predicted molar refractivity (Wildman–Crippen MR) is 103 cm³/mol. The molecule has 0 bridgehead atoms. The number of rotatable bonds is 6. The zero-order valence-corrected chi connectivity index (χ0v) is 15.8. The van der Waals surface area contributed by atoms with Crippen LogP contribution in [0.15, 0.2) is 40.9 Å². The molecule has 1 heterocycles. The molecule has 1 amide bonds. The van der Waals surface area contributed by atoms with E-state index in [0.717, 1.165) is 40.5 Å². The van der Waals surface area contributed by atoms with Crippen molar-refractivity contribution in [1.82, 2.24) is 0 Å². The Hall–Kier alpha value is -1.85. The van der Waals surface area contributed by atoms with Crippen LogP contribution in [0.25, 0.3) is 11.1 Å². The van der Waals surface area contributed by atoms with Gasteiger partial charge in [-0.1, -0.05) is 47.8 Å². The molecule has 0 aromatic heterocycles. The minimum atomic E-state index is -0.573. The summed E-state index contributed by atoms with van der Waals surface area (Å²) in [6, 6.07) is 11.0. The Balaban J connectivity index is 2.08. The van der Waals surface area contributed by atoms with Crippen LogP contribution in [0.1, 0.15) is 37.7 Å². The monoisotopic (exact) mass is 403 g/mol. The first kappa shape index (κ1) is 18.0. The molecule has 4 nitrogen and oxygen atoms in total. The molecular formula is C20H22BrNO3. The number of hydrogen-bond acceptors (Lipinski definition) is 3. The van der Waals surface area contributed by atoms with E-state index >= 15 is 0 Å². The largest absolute Gasteiger partial charge is 0.507 e. The lowest BCUT2D eigenvalue weighted by atomic mass is 9.91. The van der Waals surface area contributed by atoms with Gasteiger partial charge in [0.25, 0.3) is 0 Å². The van der Waals surface area contributed by atoms with Crippen molar-refractivity contribution >= 4 is 27.5 Å². The summed E-state index contributed by atoms with van der Waals surface area (Å²) in [5.74, 6) is -0.482. The van der Waals surface area contributed by atoms with Gasteiger partial charge < -0.3 is 15.1 Å². The van der Waals surface area contributed by atoms with Crippen molar-refractivity contribution in [3.05, 3.63) is 46.4 Å². The summed E-state index contributed by atoms with van der Waals surface area (Å²) >= 11 is 3.35. The van der Waals surface area contributed by atoms with Gasteiger partial charge in [0.2, 0.25) is 5.91 Å². The van der Waals surface area contributed by atoms with Crippen molar-refractivity contribution in [2.75, 3.05) is 18.1 Å². The van der Waals surface area contributed by atoms with E-state index in [1.165, 1.54) is 0 Å². The third-order valence-corrected chi connectivity index (χ3v) is 5.20. The van der Waals surface area contributed by atoms with E-state index in [2.05, 4.69) is 22.9 Å². The van der Waals surface area contributed by atoms with Crippen LogP contribution < -0.4 is 4.90 Å². The topological polar surface area (TPSA) is 60.8 Å². The molecule has 0 fully saturated rings. The number of anilines is 1. The molecule has 1 aliphatic rings. The lowest BCUT2D eigenvalue weighted by Crippen LogP contribution is -2.30. The lowest BCUT2D eigenvalue weighted by molar-refractivity contribution is -0.120. The van der Waals surface area contributed by atoms with E-state index in [1.54, 1.807) is 11.0 Å². The number of phenolic OH excluding ortho intramolecular Hbond substituents is 1. The number of nitrogens with zero attached hydrogens (tertiary/aromatic N) is 1. The van der Waals surface area contributed by atoms with Crippen molar-refractivity contribution in [2.24, 2.45) is 0 Å². The Morgan fingerprint density at radius 2 is 1.96 bits per heavy atom. The van der Waals surface area contributed by atoms with Crippen LogP contribution in [0.5, 0.6) is 5.75 Å². The van der Waals surface area contributed by atoms with Crippen molar-refractivity contribution < 1.29 is 15.0 Å². The van der Waals surface area contributed by atoms with Crippen molar-refractivity contribution in [3.63, 3.8) is 0 Å². The summed E-state index contributed by atoms with van der Waals surface area (Å²) in [6.07, 6.45) is 3.09. The van der Waals surface area contributed by atoms with Crippen LogP contribution >= 0.6 is 15.9 Å². The summed E-state index contributed by atoms with van der Waals surface area (Å²) in [5.41, 5.74) is 3.12. The number of aliphatic hydroxyl groups is 1. The molecule has 0 spiro atoms.